The van der Waals surface area contributed by atoms with E-state index in [1.807, 2.05) is 41.5 Å². The van der Waals surface area contributed by atoms with Crippen LogP contribution in [0.3, 0.4) is 0 Å². The molecule has 0 bridgehead atoms. The summed E-state index contributed by atoms with van der Waals surface area (Å²) in [5.41, 5.74) is -0.566. The van der Waals surface area contributed by atoms with Gasteiger partial charge < -0.3 is 24.6 Å². The minimum Gasteiger partial charge on any atom is -0.444 e. The topological polar surface area (TPSA) is 77.0 Å². The Kier molecular flexibility index (Phi) is 7.71. The molecule has 0 aromatic heterocycles. The zero-order valence-electron chi connectivity index (χ0n) is 17.1. The van der Waals surface area contributed by atoms with Gasteiger partial charge in [-0.25, -0.2) is 4.79 Å². The molecule has 1 aliphatic heterocycles. The number of ether oxygens (including phenoxy) is 3. The Hall–Kier alpha value is -0.850. The fourth-order valence-electron chi connectivity index (χ4n) is 3.38. The molecule has 0 radical (unpaired) electrons. The number of alkyl carbamates (subject to hydrolysis) is 1. The highest BCUT2D eigenvalue weighted by molar-refractivity contribution is 5.68. The predicted octanol–water partition coefficient (Wildman–Crippen LogP) is 3.46. The Bertz CT molecular complexity index is 430. The van der Waals surface area contributed by atoms with Crippen LogP contribution in [0.4, 0.5) is 4.79 Å². The first-order valence-electron chi connectivity index (χ1n) is 9.29. The minimum absolute atomic E-state index is 0.104. The number of aliphatic hydroxyl groups is 1. The van der Waals surface area contributed by atoms with E-state index in [4.69, 9.17) is 14.2 Å². The van der Waals surface area contributed by atoms with Gasteiger partial charge in [0.05, 0.1) is 18.2 Å². The number of hydrogen-bond acceptors (Lipinski definition) is 5. The quantitative estimate of drug-likeness (QED) is 0.759. The number of carbonyl (C=O) groups excluding carboxylic acids is 1. The van der Waals surface area contributed by atoms with E-state index < -0.39 is 17.5 Å². The molecule has 0 aromatic carbocycles. The first kappa shape index (κ1) is 22.2. The number of carbonyl (C=O) groups is 1. The van der Waals surface area contributed by atoms with Gasteiger partial charge >= 0.3 is 6.09 Å². The van der Waals surface area contributed by atoms with Crippen LogP contribution in [0.5, 0.6) is 0 Å². The lowest BCUT2D eigenvalue weighted by atomic mass is 9.88. The molecule has 6 heteroatoms. The highest BCUT2D eigenvalue weighted by atomic mass is 16.7. The van der Waals surface area contributed by atoms with Crippen molar-refractivity contribution in [1.29, 1.82) is 0 Å². The Labute approximate surface area is 152 Å². The summed E-state index contributed by atoms with van der Waals surface area (Å²) in [4.78, 5) is 12.2. The molecule has 25 heavy (non-hydrogen) atoms. The molecule has 0 unspecified atom stereocenters. The first-order valence-corrected chi connectivity index (χ1v) is 9.29. The number of rotatable bonds is 6. The molecule has 4 atom stereocenters. The molecule has 0 spiro atoms. The van der Waals surface area contributed by atoms with E-state index in [0.29, 0.717) is 12.3 Å². The second kappa shape index (κ2) is 8.69. The lowest BCUT2D eigenvalue weighted by Crippen LogP contribution is -2.60. The molecule has 2 N–H and O–H groups in total. The summed E-state index contributed by atoms with van der Waals surface area (Å²) >= 11 is 0. The van der Waals surface area contributed by atoms with Gasteiger partial charge in [0.15, 0.2) is 5.79 Å². The molecule has 0 saturated carbocycles. The highest BCUT2D eigenvalue weighted by Gasteiger charge is 2.43. The summed E-state index contributed by atoms with van der Waals surface area (Å²) < 4.78 is 17.4. The molecular weight excluding hydrogens is 322 g/mol. The van der Waals surface area contributed by atoms with Crippen molar-refractivity contribution in [1.82, 2.24) is 5.32 Å². The standard InChI is InChI=1S/C19H37NO5/c1-12(2)9-14(11-21)10-15-16(13(3)23-19(7,8)24-15)20-17(22)25-18(4,5)6/h12-16,21H,9-11H2,1-8H3,(H,20,22)/t13-,14-,15-,16+/m1/s1. The van der Waals surface area contributed by atoms with E-state index in [1.54, 1.807) is 0 Å². The third kappa shape index (κ3) is 7.92. The van der Waals surface area contributed by atoms with Crippen molar-refractivity contribution in [2.24, 2.45) is 11.8 Å². The van der Waals surface area contributed by atoms with E-state index in [0.717, 1.165) is 6.42 Å². The highest BCUT2D eigenvalue weighted by Crippen LogP contribution is 2.31. The average Bonchev–Trinajstić information content (AvgIpc) is 2.38. The van der Waals surface area contributed by atoms with Gasteiger partial charge in [-0.1, -0.05) is 13.8 Å². The number of aliphatic hydroxyl groups excluding tert-OH is 1. The maximum Gasteiger partial charge on any atom is 0.408 e. The monoisotopic (exact) mass is 359 g/mol. The molecule has 1 aliphatic rings. The largest absolute Gasteiger partial charge is 0.444 e. The van der Waals surface area contributed by atoms with Crippen LogP contribution >= 0.6 is 0 Å². The van der Waals surface area contributed by atoms with Gasteiger partial charge in [-0.2, -0.15) is 0 Å². The van der Waals surface area contributed by atoms with Crippen LogP contribution < -0.4 is 5.32 Å². The van der Waals surface area contributed by atoms with Crippen molar-refractivity contribution in [3.63, 3.8) is 0 Å². The van der Waals surface area contributed by atoms with Crippen molar-refractivity contribution in [2.45, 2.75) is 97.9 Å². The molecule has 1 saturated heterocycles. The first-order chi connectivity index (χ1) is 11.3. The van der Waals surface area contributed by atoms with E-state index in [-0.39, 0.29) is 30.8 Å². The normalized spacial score (nSPS) is 27.8. The minimum atomic E-state index is -0.728. The lowest BCUT2D eigenvalue weighted by Gasteiger charge is -2.46. The molecule has 0 aromatic rings. The second-order valence-corrected chi connectivity index (χ2v) is 8.96. The summed E-state index contributed by atoms with van der Waals surface area (Å²) in [6, 6.07) is -0.330. The van der Waals surface area contributed by atoms with Crippen LogP contribution in [0.1, 0.15) is 68.2 Å². The molecular formula is C19H37NO5. The van der Waals surface area contributed by atoms with Crippen LogP contribution in [-0.4, -0.2) is 47.4 Å². The predicted molar refractivity (Wildman–Crippen MR) is 97.3 cm³/mol. The summed E-state index contributed by atoms with van der Waals surface area (Å²) in [6.07, 6.45) is 0.616. The Morgan fingerprint density at radius 3 is 2.36 bits per heavy atom. The van der Waals surface area contributed by atoms with E-state index >= 15 is 0 Å². The van der Waals surface area contributed by atoms with Crippen molar-refractivity contribution < 1.29 is 24.1 Å². The van der Waals surface area contributed by atoms with E-state index in [1.165, 1.54) is 0 Å². The molecule has 1 rings (SSSR count). The number of nitrogens with one attached hydrogen (secondary N) is 1. The summed E-state index contributed by atoms with van der Waals surface area (Å²) in [5.74, 6) is -0.123. The SMILES string of the molecule is CC(C)C[C@@H](CO)C[C@H]1OC(C)(C)O[C@H](C)[C@@H]1NC(=O)OC(C)(C)C. The van der Waals surface area contributed by atoms with Crippen LogP contribution in [0.25, 0.3) is 0 Å². The van der Waals surface area contributed by atoms with Gasteiger partial charge in [-0.3, -0.25) is 0 Å². The van der Waals surface area contributed by atoms with E-state index in [2.05, 4.69) is 19.2 Å². The summed E-state index contributed by atoms with van der Waals surface area (Å²) in [5, 5.41) is 12.6. The van der Waals surface area contributed by atoms with Crippen LogP contribution in [0.15, 0.2) is 0 Å². The third-order valence-corrected chi connectivity index (χ3v) is 4.12. The Balaban J connectivity index is 2.86. The molecule has 1 amide bonds. The maximum atomic E-state index is 12.2. The lowest BCUT2D eigenvalue weighted by molar-refractivity contribution is -0.308. The number of amides is 1. The van der Waals surface area contributed by atoms with Crippen LogP contribution in [0, 0.1) is 11.8 Å². The molecule has 148 valence electrons. The fourth-order valence-corrected chi connectivity index (χ4v) is 3.38. The van der Waals surface area contributed by atoms with Gasteiger partial charge in [0.25, 0.3) is 0 Å². The molecule has 0 aliphatic carbocycles. The fraction of sp³-hybridized carbons (Fsp3) is 0.947. The van der Waals surface area contributed by atoms with Crippen LogP contribution in [0.2, 0.25) is 0 Å². The van der Waals surface area contributed by atoms with Crippen molar-refractivity contribution in [3.05, 3.63) is 0 Å². The smallest absolute Gasteiger partial charge is 0.408 e. The van der Waals surface area contributed by atoms with Gasteiger partial charge in [0.1, 0.15) is 5.60 Å². The van der Waals surface area contributed by atoms with Gasteiger partial charge in [-0.15, -0.1) is 0 Å². The maximum absolute atomic E-state index is 12.2. The molecule has 1 fully saturated rings. The molecule has 6 nitrogen and oxygen atoms in total. The second-order valence-electron chi connectivity index (χ2n) is 8.96. The Morgan fingerprint density at radius 2 is 1.88 bits per heavy atom. The van der Waals surface area contributed by atoms with Crippen LogP contribution in [-0.2, 0) is 14.2 Å². The third-order valence-electron chi connectivity index (χ3n) is 4.12. The van der Waals surface area contributed by atoms with Gasteiger partial charge in [-0.05, 0) is 66.2 Å². The van der Waals surface area contributed by atoms with Crippen molar-refractivity contribution in [3.8, 4) is 0 Å². The van der Waals surface area contributed by atoms with Gasteiger partial charge in [0, 0.05) is 6.61 Å². The van der Waals surface area contributed by atoms with Crippen molar-refractivity contribution in [2.75, 3.05) is 6.61 Å². The van der Waals surface area contributed by atoms with Crippen molar-refractivity contribution >= 4 is 6.09 Å². The number of hydrogen-bond donors (Lipinski definition) is 2. The molecule has 1 heterocycles. The zero-order chi connectivity index (χ0) is 19.4. The summed E-state index contributed by atoms with van der Waals surface area (Å²) in [7, 11) is 0. The Morgan fingerprint density at radius 1 is 1.28 bits per heavy atom. The summed E-state index contributed by atoms with van der Waals surface area (Å²) in [6.45, 7) is 15.5. The average molecular weight is 360 g/mol. The van der Waals surface area contributed by atoms with E-state index in [9.17, 15) is 9.90 Å². The zero-order valence-corrected chi connectivity index (χ0v) is 17.1. The van der Waals surface area contributed by atoms with Gasteiger partial charge in [0.2, 0.25) is 0 Å².